The van der Waals surface area contributed by atoms with Crippen LogP contribution in [-0.2, 0) is 26.2 Å². The zero-order valence-corrected chi connectivity index (χ0v) is 27.7. The predicted octanol–water partition coefficient (Wildman–Crippen LogP) is 6.06. The standard InChI is InChI=1S/C30H35Br2N3O5S/c1-6-21(3)33-30(37)22(4)34(18-23-9-11-24(31)12-10-23)29(36)19-35(25-13-7-20(2)8-14-25)41(38,39)26-15-16-28(40-5)27(32)17-26/h7-17,21-22H,6,18-19H2,1-5H3,(H,33,37)/t21-,22+/m0/s1. The van der Waals surface area contributed by atoms with Crippen molar-refractivity contribution in [3.8, 4) is 5.75 Å². The van der Waals surface area contributed by atoms with Gasteiger partial charge >= 0.3 is 0 Å². The van der Waals surface area contributed by atoms with Crippen LogP contribution in [0.25, 0.3) is 0 Å². The molecule has 11 heteroatoms. The Bertz CT molecular complexity index is 1460. The quantitative estimate of drug-likeness (QED) is 0.247. The van der Waals surface area contributed by atoms with Crippen LogP contribution in [0.15, 0.2) is 80.6 Å². The maximum Gasteiger partial charge on any atom is 0.264 e. The van der Waals surface area contributed by atoms with E-state index in [4.69, 9.17) is 4.74 Å². The highest BCUT2D eigenvalue weighted by molar-refractivity contribution is 9.10. The number of aryl methyl sites for hydroxylation is 1. The van der Waals surface area contributed by atoms with Crippen LogP contribution in [0.4, 0.5) is 5.69 Å². The Morgan fingerprint density at radius 1 is 0.976 bits per heavy atom. The van der Waals surface area contributed by atoms with Crippen LogP contribution in [0, 0.1) is 6.92 Å². The normalized spacial score (nSPS) is 12.8. The molecule has 0 bridgehead atoms. The van der Waals surface area contributed by atoms with Crippen molar-refractivity contribution in [2.75, 3.05) is 18.0 Å². The first-order valence-electron chi connectivity index (χ1n) is 13.1. The van der Waals surface area contributed by atoms with Crippen LogP contribution < -0.4 is 14.4 Å². The van der Waals surface area contributed by atoms with E-state index in [1.54, 1.807) is 37.3 Å². The first-order valence-corrected chi connectivity index (χ1v) is 16.2. The molecule has 0 aliphatic carbocycles. The number of ether oxygens (including phenoxy) is 1. The molecule has 0 aliphatic rings. The van der Waals surface area contributed by atoms with Crippen LogP contribution in [0.5, 0.6) is 5.75 Å². The third-order valence-electron chi connectivity index (χ3n) is 6.75. The first kappa shape index (κ1) is 32.6. The summed E-state index contributed by atoms with van der Waals surface area (Å²) in [6, 6.07) is 17.8. The maximum absolute atomic E-state index is 14.0. The summed E-state index contributed by atoms with van der Waals surface area (Å²) in [6.07, 6.45) is 0.732. The number of rotatable bonds is 12. The highest BCUT2D eigenvalue weighted by atomic mass is 79.9. The molecule has 3 aromatic carbocycles. The molecule has 0 unspecified atom stereocenters. The molecular formula is C30H35Br2N3O5S. The van der Waals surface area contributed by atoms with Crippen molar-refractivity contribution in [3.63, 3.8) is 0 Å². The van der Waals surface area contributed by atoms with Gasteiger partial charge in [-0.15, -0.1) is 0 Å². The van der Waals surface area contributed by atoms with Crippen molar-refractivity contribution in [3.05, 3.63) is 86.8 Å². The minimum absolute atomic E-state index is 0.0134. The van der Waals surface area contributed by atoms with Crippen molar-refractivity contribution >= 4 is 59.4 Å². The average molecular weight is 710 g/mol. The number of benzene rings is 3. The number of methoxy groups -OCH3 is 1. The number of carbonyl (C=O) groups is 2. The van der Waals surface area contributed by atoms with Gasteiger partial charge < -0.3 is 15.0 Å². The summed E-state index contributed by atoms with van der Waals surface area (Å²) >= 11 is 6.78. The fourth-order valence-electron chi connectivity index (χ4n) is 4.01. The number of anilines is 1. The Kier molecular flexibility index (Phi) is 11.4. The summed E-state index contributed by atoms with van der Waals surface area (Å²) in [6.45, 7) is 7.02. The molecule has 8 nitrogen and oxygen atoms in total. The topological polar surface area (TPSA) is 96.0 Å². The molecule has 220 valence electrons. The van der Waals surface area contributed by atoms with E-state index < -0.39 is 28.5 Å². The molecule has 3 rings (SSSR count). The first-order chi connectivity index (χ1) is 19.4. The average Bonchev–Trinajstić information content (AvgIpc) is 2.95. The lowest BCUT2D eigenvalue weighted by Gasteiger charge is -2.32. The van der Waals surface area contributed by atoms with E-state index in [9.17, 15) is 18.0 Å². The third kappa shape index (κ3) is 8.33. The number of amides is 2. The van der Waals surface area contributed by atoms with Crippen molar-refractivity contribution in [2.45, 2.75) is 57.6 Å². The van der Waals surface area contributed by atoms with Gasteiger partial charge in [0.2, 0.25) is 11.8 Å². The maximum atomic E-state index is 14.0. The lowest BCUT2D eigenvalue weighted by molar-refractivity contribution is -0.139. The SMILES string of the molecule is CC[C@H](C)NC(=O)[C@@H](C)N(Cc1ccc(Br)cc1)C(=O)CN(c1ccc(C)cc1)S(=O)(=O)c1ccc(OC)c(Br)c1. The largest absolute Gasteiger partial charge is 0.496 e. The van der Waals surface area contributed by atoms with Crippen molar-refractivity contribution in [1.29, 1.82) is 0 Å². The molecule has 41 heavy (non-hydrogen) atoms. The molecule has 3 aromatic rings. The zero-order chi connectivity index (χ0) is 30.3. The number of halogens is 2. The van der Waals surface area contributed by atoms with E-state index in [0.29, 0.717) is 15.9 Å². The molecule has 0 saturated carbocycles. The van der Waals surface area contributed by atoms with Crippen LogP contribution >= 0.6 is 31.9 Å². The molecular weight excluding hydrogens is 674 g/mol. The molecule has 0 spiro atoms. The summed E-state index contributed by atoms with van der Waals surface area (Å²) in [4.78, 5) is 28.6. The summed E-state index contributed by atoms with van der Waals surface area (Å²) in [5.41, 5.74) is 2.07. The Morgan fingerprint density at radius 2 is 1.61 bits per heavy atom. The number of hydrogen-bond acceptors (Lipinski definition) is 5. The van der Waals surface area contributed by atoms with E-state index in [1.807, 2.05) is 45.0 Å². The summed E-state index contributed by atoms with van der Waals surface area (Å²) < 4.78 is 35.7. The second kappa shape index (κ2) is 14.3. The number of nitrogens with zero attached hydrogens (tertiary/aromatic N) is 2. The fraction of sp³-hybridized carbons (Fsp3) is 0.333. The molecule has 0 aromatic heterocycles. The fourth-order valence-corrected chi connectivity index (χ4v) is 6.41. The van der Waals surface area contributed by atoms with Crippen LogP contribution in [-0.4, -0.2) is 50.9 Å². The molecule has 2 amide bonds. The molecule has 0 fully saturated rings. The monoisotopic (exact) mass is 707 g/mol. The van der Waals surface area contributed by atoms with Crippen molar-refractivity contribution in [2.24, 2.45) is 0 Å². The van der Waals surface area contributed by atoms with E-state index in [1.165, 1.54) is 24.1 Å². The molecule has 1 N–H and O–H groups in total. The van der Waals surface area contributed by atoms with Gasteiger partial charge in [-0.3, -0.25) is 13.9 Å². The lowest BCUT2D eigenvalue weighted by Crippen LogP contribution is -2.52. The minimum Gasteiger partial charge on any atom is -0.496 e. The summed E-state index contributed by atoms with van der Waals surface area (Å²) in [5, 5.41) is 2.93. The molecule has 0 aliphatic heterocycles. The molecule has 0 saturated heterocycles. The minimum atomic E-state index is -4.20. The van der Waals surface area contributed by atoms with Gasteiger partial charge in [-0.1, -0.05) is 52.7 Å². The summed E-state index contributed by atoms with van der Waals surface area (Å²) in [5.74, 6) is -0.353. The van der Waals surface area contributed by atoms with Crippen molar-refractivity contribution in [1.82, 2.24) is 10.2 Å². The molecule has 0 heterocycles. The number of sulfonamides is 1. The lowest BCUT2D eigenvalue weighted by atomic mass is 10.1. The second-order valence-electron chi connectivity index (χ2n) is 9.79. The van der Waals surface area contributed by atoms with E-state index >= 15 is 0 Å². The third-order valence-corrected chi connectivity index (χ3v) is 9.66. The Balaban J connectivity index is 2.04. The highest BCUT2D eigenvalue weighted by Gasteiger charge is 2.33. The van der Waals surface area contributed by atoms with Crippen LogP contribution in [0.2, 0.25) is 0 Å². The zero-order valence-electron chi connectivity index (χ0n) is 23.7. The van der Waals surface area contributed by atoms with Gasteiger partial charge in [0.1, 0.15) is 18.3 Å². The number of carbonyl (C=O) groups excluding carboxylic acids is 2. The van der Waals surface area contributed by atoms with Crippen LogP contribution in [0.3, 0.4) is 0 Å². The Morgan fingerprint density at radius 3 is 2.17 bits per heavy atom. The highest BCUT2D eigenvalue weighted by Crippen LogP contribution is 2.31. The van der Waals surface area contributed by atoms with Gasteiger partial charge in [0, 0.05) is 17.1 Å². The Labute approximate surface area is 259 Å². The summed E-state index contributed by atoms with van der Waals surface area (Å²) in [7, 11) is -2.71. The van der Waals surface area contributed by atoms with E-state index in [0.717, 1.165) is 26.3 Å². The van der Waals surface area contributed by atoms with E-state index in [2.05, 4.69) is 37.2 Å². The number of nitrogens with one attached hydrogen (secondary N) is 1. The van der Waals surface area contributed by atoms with Gasteiger partial charge in [0.25, 0.3) is 10.0 Å². The van der Waals surface area contributed by atoms with Gasteiger partial charge in [0.15, 0.2) is 0 Å². The smallest absolute Gasteiger partial charge is 0.264 e. The molecule has 2 atom stereocenters. The van der Waals surface area contributed by atoms with Gasteiger partial charge in [-0.25, -0.2) is 8.42 Å². The molecule has 0 radical (unpaired) electrons. The van der Waals surface area contributed by atoms with E-state index in [-0.39, 0.29) is 23.4 Å². The van der Waals surface area contributed by atoms with Gasteiger partial charge in [-0.05, 0) is 91.1 Å². The second-order valence-corrected chi connectivity index (χ2v) is 13.4. The number of hydrogen-bond donors (Lipinski definition) is 1. The van der Waals surface area contributed by atoms with Gasteiger partial charge in [-0.2, -0.15) is 0 Å². The van der Waals surface area contributed by atoms with Gasteiger partial charge in [0.05, 0.1) is 22.2 Å². The van der Waals surface area contributed by atoms with Crippen molar-refractivity contribution < 1.29 is 22.7 Å². The van der Waals surface area contributed by atoms with Crippen LogP contribution in [0.1, 0.15) is 38.3 Å². The predicted molar refractivity (Wildman–Crippen MR) is 168 cm³/mol. The Hall–Kier alpha value is -2.89.